The summed E-state index contributed by atoms with van der Waals surface area (Å²) in [6.45, 7) is 0. The van der Waals surface area contributed by atoms with Gasteiger partial charge in [0.2, 0.25) is 0 Å². The van der Waals surface area contributed by atoms with E-state index in [4.69, 9.17) is 11.6 Å². The van der Waals surface area contributed by atoms with Crippen LogP contribution in [-0.4, -0.2) is 4.98 Å². The smallest absolute Gasteiger partial charge is 0.149 e. The van der Waals surface area contributed by atoms with Crippen molar-refractivity contribution in [2.24, 2.45) is 0 Å². The van der Waals surface area contributed by atoms with E-state index in [-0.39, 0.29) is 16.5 Å². The van der Waals surface area contributed by atoms with Gasteiger partial charge in [-0.2, -0.15) is 0 Å². The van der Waals surface area contributed by atoms with Crippen LogP contribution in [0.3, 0.4) is 0 Å². The molecule has 0 N–H and O–H groups in total. The Kier molecular flexibility index (Phi) is 2.46. The predicted molar refractivity (Wildman–Crippen MR) is 79.6 cm³/mol. The van der Waals surface area contributed by atoms with Crippen LogP contribution in [0.1, 0.15) is 0 Å². The van der Waals surface area contributed by atoms with E-state index in [2.05, 4.69) is 4.98 Å². The van der Waals surface area contributed by atoms with Crippen molar-refractivity contribution < 1.29 is 8.78 Å². The number of halogens is 3. The highest BCUT2D eigenvalue weighted by Crippen LogP contribution is 2.42. The molecule has 2 heterocycles. The molecule has 1 nitrogen and oxygen atoms in total. The summed E-state index contributed by atoms with van der Waals surface area (Å²) in [5, 5.41) is 1.91. The molecule has 4 aromatic rings. The first kappa shape index (κ1) is 12.0. The molecule has 0 aliphatic heterocycles. The monoisotopic (exact) mass is 305 g/mol. The number of nitrogens with zero attached hydrogens (tertiary/aromatic N) is 1. The second kappa shape index (κ2) is 4.11. The number of hydrogen-bond donors (Lipinski definition) is 0. The van der Waals surface area contributed by atoms with Crippen LogP contribution in [0, 0.1) is 11.6 Å². The Bertz CT molecular complexity index is 994. The summed E-state index contributed by atoms with van der Waals surface area (Å²) >= 11 is 7.51. The van der Waals surface area contributed by atoms with Crippen LogP contribution in [-0.2, 0) is 0 Å². The van der Waals surface area contributed by atoms with E-state index in [0.717, 1.165) is 4.70 Å². The van der Waals surface area contributed by atoms with Crippen LogP contribution in [0.15, 0.2) is 36.4 Å². The van der Waals surface area contributed by atoms with Gasteiger partial charge in [0.05, 0.1) is 4.70 Å². The minimum atomic E-state index is -0.456. The maximum atomic E-state index is 14.2. The zero-order chi connectivity index (χ0) is 13.9. The number of para-hydroxylation sites is 1. The minimum absolute atomic E-state index is 0.174. The van der Waals surface area contributed by atoms with Gasteiger partial charge >= 0.3 is 0 Å². The normalized spacial score (nSPS) is 11.8. The Labute approximate surface area is 121 Å². The molecule has 0 unspecified atom stereocenters. The van der Waals surface area contributed by atoms with Crippen molar-refractivity contribution in [3.63, 3.8) is 0 Å². The first-order chi connectivity index (χ1) is 9.66. The van der Waals surface area contributed by atoms with Gasteiger partial charge in [0, 0.05) is 20.9 Å². The summed E-state index contributed by atoms with van der Waals surface area (Å²) in [5.41, 5.74) is 0.174. The molecule has 0 aliphatic rings. The third kappa shape index (κ3) is 1.49. The van der Waals surface area contributed by atoms with Gasteiger partial charge in [0.1, 0.15) is 22.3 Å². The number of fused-ring (bicyclic) bond motifs is 5. The number of thiophene rings is 1. The summed E-state index contributed by atoms with van der Waals surface area (Å²) in [4.78, 5) is 4.11. The average Bonchev–Trinajstić information content (AvgIpc) is 2.82. The lowest BCUT2D eigenvalue weighted by Crippen LogP contribution is -1.86. The van der Waals surface area contributed by atoms with Gasteiger partial charge in [0.25, 0.3) is 0 Å². The van der Waals surface area contributed by atoms with Crippen LogP contribution < -0.4 is 0 Å². The SMILES string of the molecule is Fc1cccc2c1nc(Cl)c1sc3cccc(F)c3c12. The van der Waals surface area contributed by atoms with Crippen LogP contribution >= 0.6 is 22.9 Å². The van der Waals surface area contributed by atoms with Gasteiger partial charge in [-0.15, -0.1) is 11.3 Å². The van der Waals surface area contributed by atoms with Crippen LogP contribution in [0.25, 0.3) is 31.1 Å². The maximum absolute atomic E-state index is 14.2. The zero-order valence-electron chi connectivity index (χ0n) is 9.95. The van der Waals surface area contributed by atoms with E-state index in [0.29, 0.717) is 20.9 Å². The second-order valence-corrected chi connectivity index (χ2v) is 5.87. The average molecular weight is 306 g/mol. The number of hydrogen-bond acceptors (Lipinski definition) is 2. The summed E-state index contributed by atoms with van der Waals surface area (Å²) in [5.74, 6) is -0.788. The number of aromatic nitrogens is 1. The molecule has 0 amide bonds. The molecule has 20 heavy (non-hydrogen) atoms. The molecule has 5 heteroatoms. The van der Waals surface area contributed by atoms with Gasteiger partial charge in [-0.25, -0.2) is 13.8 Å². The number of benzene rings is 2. The summed E-state index contributed by atoms with van der Waals surface area (Å²) in [7, 11) is 0. The Morgan fingerprint density at radius 1 is 0.950 bits per heavy atom. The molecule has 2 aromatic heterocycles. The first-order valence-electron chi connectivity index (χ1n) is 5.91. The molecule has 0 radical (unpaired) electrons. The van der Waals surface area contributed by atoms with Crippen LogP contribution in [0.4, 0.5) is 8.78 Å². The lowest BCUT2D eigenvalue weighted by atomic mass is 10.1. The van der Waals surface area contributed by atoms with E-state index in [9.17, 15) is 8.78 Å². The predicted octanol–water partition coefficient (Wildman–Crippen LogP) is 5.53. The minimum Gasteiger partial charge on any atom is -0.231 e. The molecule has 98 valence electrons. The van der Waals surface area contributed by atoms with E-state index >= 15 is 0 Å². The molecule has 2 aromatic carbocycles. The summed E-state index contributed by atoms with van der Waals surface area (Å²) < 4.78 is 29.5. The van der Waals surface area contributed by atoms with Crippen molar-refractivity contribution >= 4 is 54.0 Å². The zero-order valence-corrected chi connectivity index (χ0v) is 11.5. The topological polar surface area (TPSA) is 12.9 Å². The van der Waals surface area contributed by atoms with Crippen molar-refractivity contribution in [1.29, 1.82) is 0 Å². The van der Waals surface area contributed by atoms with Gasteiger partial charge in [-0.05, 0) is 18.2 Å². The van der Waals surface area contributed by atoms with E-state index < -0.39 is 5.82 Å². The molecule has 0 aliphatic carbocycles. The van der Waals surface area contributed by atoms with Crippen molar-refractivity contribution in [2.75, 3.05) is 0 Å². The molecule has 0 saturated carbocycles. The molecule has 0 bridgehead atoms. The van der Waals surface area contributed by atoms with E-state index in [1.807, 2.05) is 6.07 Å². The van der Waals surface area contributed by atoms with E-state index in [1.165, 1.54) is 23.5 Å². The van der Waals surface area contributed by atoms with E-state index in [1.54, 1.807) is 18.2 Å². The Morgan fingerprint density at radius 2 is 1.70 bits per heavy atom. The molecule has 0 fully saturated rings. The maximum Gasteiger partial charge on any atom is 0.149 e. The molecule has 0 spiro atoms. The van der Waals surface area contributed by atoms with Crippen molar-refractivity contribution in [1.82, 2.24) is 4.98 Å². The number of pyridine rings is 1. The number of rotatable bonds is 0. The second-order valence-electron chi connectivity index (χ2n) is 4.46. The lowest BCUT2D eigenvalue weighted by molar-refractivity contribution is 0.637. The van der Waals surface area contributed by atoms with Gasteiger partial charge in [-0.3, -0.25) is 0 Å². The largest absolute Gasteiger partial charge is 0.231 e. The fourth-order valence-corrected chi connectivity index (χ4v) is 3.90. The molecular weight excluding hydrogens is 300 g/mol. The summed E-state index contributed by atoms with van der Waals surface area (Å²) in [6, 6.07) is 9.53. The Hall–Kier alpha value is -1.78. The van der Waals surface area contributed by atoms with Crippen molar-refractivity contribution in [3.8, 4) is 0 Å². The summed E-state index contributed by atoms with van der Waals surface area (Å²) in [6.07, 6.45) is 0. The van der Waals surface area contributed by atoms with Crippen molar-refractivity contribution in [3.05, 3.63) is 53.2 Å². The van der Waals surface area contributed by atoms with Gasteiger partial charge in [0.15, 0.2) is 0 Å². The standard InChI is InChI=1S/C15H6ClF2NS/c16-15-14-11(7-3-1-5-9(18)13(7)19-15)12-8(17)4-2-6-10(12)20-14/h1-6H. The van der Waals surface area contributed by atoms with Crippen molar-refractivity contribution in [2.45, 2.75) is 0 Å². The molecule has 0 saturated heterocycles. The highest BCUT2D eigenvalue weighted by atomic mass is 35.5. The molecular formula is C15H6ClF2NS. The van der Waals surface area contributed by atoms with Crippen LogP contribution in [0.2, 0.25) is 5.15 Å². The highest BCUT2D eigenvalue weighted by molar-refractivity contribution is 7.26. The third-order valence-corrected chi connectivity index (χ3v) is 4.87. The fraction of sp³-hybridized carbons (Fsp3) is 0. The highest BCUT2D eigenvalue weighted by Gasteiger charge is 2.17. The molecule has 0 atom stereocenters. The van der Waals surface area contributed by atoms with Gasteiger partial charge < -0.3 is 0 Å². The Balaban J connectivity index is 2.42. The quantitative estimate of drug-likeness (QED) is 0.389. The first-order valence-corrected chi connectivity index (χ1v) is 7.10. The fourth-order valence-electron chi connectivity index (χ4n) is 2.49. The van der Waals surface area contributed by atoms with Gasteiger partial charge in [-0.1, -0.05) is 29.8 Å². The lowest BCUT2D eigenvalue weighted by Gasteiger charge is -2.03. The molecule has 4 rings (SSSR count). The third-order valence-electron chi connectivity index (χ3n) is 3.32. The van der Waals surface area contributed by atoms with Crippen LogP contribution in [0.5, 0.6) is 0 Å². The Morgan fingerprint density at radius 3 is 2.55 bits per heavy atom.